The van der Waals surface area contributed by atoms with Gasteiger partial charge in [-0.25, -0.2) is 0 Å². The number of rotatable bonds is 9. The summed E-state index contributed by atoms with van der Waals surface area (Å²) in [6.45, 7) is 14.4. The fourth-order valence-corrected chi connectivity index (χ4v) is 3.21. The number of pyridine rings is 2. The van der Waals surface area contributed by atoms with Gasteiger partial charge in [0.25, 0.3) is 0 Å². The lowest BCUT2D eigenvalue weighted by atomic mass is 9.94. The minimum atomic E-state index is 0.0215. The summed E-state index contributed by atoms with van der Waals surface area (Å²) in [5.74, 6) is 0.0215. The number of nitrogens with two attached hydrogens (primary N) is 1. The third-order valence-corrected chi connectivity index (χ3v) is 5.69. The predicted molar refractivity (Wildman–Crippen MR) is 143 cm³/mol. The molecule has 2 heterocycles. The molecule has 0 saturated heterocycles. The van der Waals surface area contributed by atoms with E-state index in [4.69, 9.17) is 5.73 Å². The molecule has 4 heteroatoms. The van der Waals surface area contributed by atoms with Crippen LogP contribution in [0.2, 0.25) is 0 Å². The van der Waals surface area contributed by atoms with Gasteiger partial charge in [-0.1, -0.05) is 86.1 Å². The summed E-state index contributed by atoms with van der Waals surface area (Å²) in [6.07, 6.45) is 18.9. The van der Waals surface area contributed by atoms with Crippen LogP contribution in [0.3, 0.4) is 0 Å². The van der Waals surface area contributed by atoms with Crippen molar-refractivity contribution in [2.45, 2.75) is 112 Å². The van der Waals surface area contributed by atoms with Gasteiger partial charge >= 0.3 is 0 Å². The minimum Gasteiger partial charge on any atom is -0.327 e. The molecule has 1 aliphatic rings. The fraction of sp³-hybridized carbons (Fsp3) is 0.621. The Morgan fingerprint density at radius 1 is 1.00 bits per heavy atom. The molecule has 2 aromatic heterocycles. The van der Waals surface area contributed by atoms with E-state index in [1.165, 1.54) is 64.7 Å². The van der Waals surface area contributed by atoms with E-state index in [2.05, 4.69) is 37.7 Å². The first kappa shape index (κ1) is 30.9. The SMILES string of the molecule is CC.CC(=O)c1cncc(-c2cccnc2)c1.CCC.CCCCCCCC(N)C1(C)CC1. The van der Waals surface area contributed by atoms with Crippen molar-refractivity contribution < 1.29 is 4.79 Å². The quantitative estimate of drug-likeness (QED) is 0.305. The van der Waals surface area contributed by atoms with E-state index >= 15 is 0 Å². The van der Waals surface area contributed by atoms with E-state index in [9.17, 15) is 4.79 Å². The van der Waals surface area contributed by atoms with Crippen LogP contribution in [0.1, 0.15) is 117 Å². The number of aromatic nitrogens is 2. The van der Waals surface area contributed by atoms with Gasteiger partial charge in [0, 0.05) is 47.5 Å². The highest BCUT2D eigenvalue weighted by molar-refractivity contribution is 5.94. The summed E-state index contributed by atoms with van der Waals surface area (Å²) in [5.41, 5.74) is 9.16. The number of hydrogen-bond donors (Lipinski definition) is 1. The lowest BCUT2D eigenvalue weighted by Gasteiger charge is -2.18. The van der Waals surface area contributed by atoms with Crippen LogP contribution in [0.25, 0.3) is 11.1 Å². The van der Waals surface area contributed by atoms with Gasteiger partial charge in [0.2, 0.25) is 0 Å². The van der Waals surface area contributed by atoms with Crippen molar-refractivity contribution >= 4 is 5.78 Å². The molecule has 0 radical (unpaired) electrons. The topological polar surface area (TPSA) is 68.9 Å². The fourth-order valence-electron chi connectivity index (χ4n) is 3.21. The highest BCUT2D eigenvalue weighted by Gasteiger charge is 2.42. The largest absolute Gasteiger partial charge is 0.327 e. The molecule has 0 spiro atoms. The number of carbonyl (C=O) groups is 1. The molecule has 186 valence electrons. The second-order valence-electron chi connectivity index (χ2n) is 8.93. The number of ketones is 1. The summed E-state index contributed by atoms with van der Waals surface area (Å²) in [5, 5.41) is 0. The maximum Gasteiger partial charge on any atom is 0.161 e. The molecule has 0 amide bonds. The Hall–Kier alpha value is -2.07. The smallest absolute Gasteiger partial charge is 0.161 e. The van der Waals surface area contributed by atoms with E-state index < -0.39 is 0 Å². The van der Waals surface area contributed by atoms with Crippen LogP contribution in [0.15, 0.2) is 43.0 Å². The van der Waals surface area contributed by atoms with Crippen LogP contribution in [0.4, 0.5) is 0 Å². The Morgan fingerprint density at radius 3 is 2.12 bits per heavy atom. The molecular weight excluding hydrogens is 406 g/mol. The maximum absolute atomic E-state index is 11.2. The molecule has 2 N–H and O–H groups in total. The van der Waals surface area contributed by atoms with Gasteiger partial charge in [-0.2, -0.15) is 0 Å². The Balaban J connectivity index is 0.000000524. The highest BCUT2D eigenvalue weighted by Crippen LogP contribution is 2.48. The number of unbranched alkanes of at least 4 members (excludes halogenated alkanes) is 4. The van der Waals surface area contributed by atoms with Gasteiger partial charge in [0.15, 0.2) is 5.78 Å². The van der Waals surface area contributed by atoms with Crippen molar-refractivity contribution in [1.29, 1.82) is 0 Å². The molecule has 0 bridgehead atoms. The third-order valence-electron chi connectivity index (χ3n) is 5.69. The highest BCUT2D eigenvalue weighted by atomic mass is 16.1. The zero-order chi connectivity index (χ0) is 25.1. The number of hydrogen-bond acceptors (Lipinski definition) is 4. The van der Waals surface area contributed by atoms with Crippen molar-refractivity contribution in [2.24, 2.45) is 11.1 Å². The number of Topliss-reactive ketones (excluding diaryl/α,β-unsaturated/α-hetero) is 1. The maximum atomic E-state index is 11.2. The molecule has 1 aliphatic carbocycles. The second kappa shape index (κ2) is 18.4. The van der Waals surface area contributed by atoms with Crippen molar-refractivity contribution in [1.82, 2.24) is 9.97 Å². The Bertz CT molecular complexity index is 742. The van der Waals surface area contributed by atoms with Gasteiger partial charge in [-0.3, -0.25) is 14.8 Å². The van der Waals surface area contributed by atoms with Crippen molar-refractivity contribution in [2.75, 3.05) is 0 Å². The van der Waals surface area contributed by atoms with Gasteiger partial charge < -0.3 is 5.73 Å². The average molecular weight is 456 g/mol. The van der Waals surface area contributed by atoms with Crippen LogP contribution >= 0.6 is 0 Å². The van der Waals surface area contributed by atoms with Gasteiger partial charge in [0.1, 0.15) is 0 Å². The molecule has 1 fully saturated rings. The van der Waals surface area contributed by atoms with Crippen LogP contribution in [0, 0.1) is 5.41 Å². The summed E-state index contributed by atoms with van der Waals surface area (Å²) >= 11 is 0. The third kappa shape index (κ3) is 13.3. The van der Waals surface area contributed by atoms with E-state index in [0.717, 1.165) is 11.1 Å². The molecule has 3 rings (SSSR count). The molecule has 33 heavy (non-hydrogen) atoms. The first-order valence-electron chi connectivity index (χ1n) is 13.0. The first-order valence-corrected chi connectivity index (χ1v) is 13.0. The molecule has 1 atom stereocenters. The molecule has 0 aliphatic heterocycles. The van der Waals surface area contributed by atoms with Crippen molar-refractivity contribution in [3.8, 4) is 11.1 Å². The normalized spacial score (nSPS) is 13.7. The predicted octanol–water partition coefficient (Wildman–Crippen LogP) is 8.26. The van der Waals surface area contributed by atoms with Crippen molar-refractivity contribution in [3.05, 3.63) is 48.5 Å². The molecule has 4 nitrogen and oxygen atoms in total. The monoisotopic (exact) mass is 455 g/mol. The van der Waals surface area contributed by atoms with E-state index in [0.29, 0.717) is 17.0 Å². The summed E-state index contributed by atoms with van der Waals surface area (Å²) in [6, 6.07) is 6.10. The number of nitrogens with zero attached hydrogens (tertiary/aromatic N) is 2. The van der Waals surface area contributed by atoms with E-state index in [1.54, 1.807) is 24.8 Å². The summed E-state index contributed by atoms with van der Waals surface area (Å²) in [7, 11) is 0. The lowest BCUT2D eigenvalue weighted by Crippen LogP contribution is -2.29. The van der Waals surface area contributed by atoms with Crippen LogP contribution in [-0.2, 0) is 0 Å². The second-order valence-corrected chi connectivity index (χ2v) is 8.93. The zero-order valence-corrected chi connectivity index (χ0v) is 22.4. The van der Waals surface area contributed by atoms with Gasteiger partial charge in [-0.15, -0.1) is 0 Å². The van der Waals surface area contributed by atoms with Gasteiger partial charge in [0.05, 0.1) is 0 Å². The van der Waals surface area contributed by atoms with Crippen LogP contribution < -0.4 is 5.73 Å². The molecule has 0 aromatic carbocycles. The van der Waals surface area contributed by atoms with Crippen LogP contribution in [-0.4, -0.2) is 21.8 Å². The van der Waals surface area contributed by atoms with Crippen molar-refractivity contribution in [3.63, 3.8) is 0 Å². The molecule has 2 aromatic rings. The Morgan fingerprint density at radius 2 is 1.61 bits per heavy atom. The average Bonchev–Trinajstić information content (AvgIpc) is 3.60. The Labute approximate surface area is 203 Å². The van der Waals surface area contributed by atoms with E-state index in [-0.39, 0.29) is 5.78 Å². The molecular formula is C29H49N3O. The zero-order valence-electron chi connectivity index (χ0n) is 22.4. The lowest BCUT2D eigenvalue weighted by molar-refractivity contribution is 0.101. The first-order chi connectivity index (χ1) is 15.9. The van der Waals surface area contributed by atoms with Gasteiger partial charge in [-0.05, 0) is 43.7 Å². The number of carbonyl (C=O) groups excluding carboxylic acids is 1. The standard InChI is InChI=1S/C12H10N2O.C12H25N.C3H8.C2H6/c1-9(15)11-5-12(8-14-7-11)10-3-2-4-13-6-10;1-3-4-5-6-7-8-11(13)12(2)9-10-12;1-3-2;1-2/h2-8H,1H3;11H,3-10,13H2,1-2H3;3H2,1-2H3;1-2H3. The van der Waals surface area contributed by atoms with Crippen LogP contribution in [0.5, 0.6) is 0 Å². The summed E-state index contributed by atoms with van der Waals surface area (Å²) < 4.78 is 0. The Kier molecular flexibility index (Phi) is 17.2. The molecule has 1 unspecified atom stereocenters. The van der Waals surface area contributed by atoms with E-state index in [1.807, 2.05) is 32.0 Å². The summed E-state index contributed by atoms with van der Waals surface area (Å²) in [4.78, 5) is 19.2. The minimum absolute atomic E-state index is 0.0215. The molecule has 1 saturated carbocycles.